The molecule has 1 aliphatic heterocycles. The van der Waals surface area contributed by atoms with Crippen LogP contribution in [0.5, 0.6) is 5.75 Å². The van der Waals surface area contributed by atoms with Crippen LogP contribution >= 0.6 is 11.6 Å². The van der Waals surface area contributed by atoms with E-state index in [2.05, 4.69) is 45.8 Å². The van der Waals surface area contributed by atoms with Crippen LogP contribution in [0.25, 0.3) is 28.1 Å². The molecule has 0 spiro atoms. The molecule has 10 heteroatoms. The summed E-state index contributed by atoms with van der Waals surface area (Å²) in [7, 11) is 1.69. The highest BCUT2D eigenvalue weighted by atomic mass is 35.5. The third-order valence-electron chi connectivity index (χ3n) is 7.05. The number of aromatic nitrogens is 5. The Bertz CT molecular complexity index is 1550. The van der Waals surface area contributed by atoms with E-state index in [1.807, 2.05) is 25.1 Å². The van der Waals surface area contributed by atoms with Crippen molar-refractivity contribution in [3.8, 4) is 33.8 Å². The lowest BCUT2D eigenvalue weighted by molar-refractivity contribution is 0.128. The Morgan fingerprint density at radius 2 is 1.74 bits per heavy atom. The van der Waals surface area contributed by atoms with E-state index < -0.39 is 0 Å². The quantitative estimate of drug-likeness (QED) is 0.418. The number of imidazole rings is 1. The first-order valence-corrected chi connectivity index (χ1v) is 13.0. The Morgan fingerprint density at radius 3 is 2.37 bits per heavy atom. The van der Waals surface area contributed by atoms with Crippen molar-refractivity contribution in [2.45, 2.75) is 33.2 Å². The fraction of sp³-hybridized carbons (Fsp3) is 0.357. The van der Waals surface area contributed by atoms with Crippen LogP contribution in [-0.4, -0.2) is 66.0 Å². The number of hydrogen-bond donors (Lipinski definition) is 1. The van der Waals surface area contributed by atoms with E-state index >= 15 is 0 Å². The van der Waals surface area contributed by atoms with Gasteiger partial charge in [-0.15, -0.1) is 5.10 Å². The predicted molar refractivity (Wildman–Crippen MR) is 150 cm³/mol. The molecule has 9 nitrogen and oxygen atoms in total. The van der Waals surface area contributed by atoms with Gasteiger partial charge in [-0.1, -0.05) is 17.7 Å². The summed E-state index contributed by atoms with van der Waals surface area (Å²) in [6.45, 7) is 12.2. The van der Waals surface area contributed by atoms with Gasteiger partial charge in [-0.25, -0.2) is 9.78 Å². The van der Waals surface area contributed by atoms with Crippen LogP contribution in [0.2, 0.25) is 5.02 Å². The van der Waals surface area contributed by atoms with Crippen LogP contribution < -0.4 is 10.6 Å². The maximum atomic E-state index is 12.4. The molecule has 198 valence electrons. The van der Waals surface area contributed by atoms with Gasteiger partial charge >= 0.3 is 5.69 Å². The lowest BCUT2D eigenvalue weighted by Gasteiger charge is -2.42. The first kappa shape index (κ1) is 25.9. The molecular formula is C28H32ClN7O2. The van der Waals surface area contributed by atoms with Crippen molar-refractivity contribution < 1.29 is 5.11 Å². The van der Waals surface area contributed by atoms with Gasteiger partial charge in [-0.2, -0.15) is 5.10 Å². The molecule has 4 heterocycles. The maximum Gasteiger partial charge on any atom is 0.332 e. The fourth-order valence-electron chi connectivity index (χ4n) is 4.85. The molecule has 0 amide bonds. The van der Waals surface area contributed by atoms with Gasteiger partial charge in [0.2, 0.25) is 0 Å². The number of aromatic hydroxyl groups is 1. The van der Waals surface area contributed by atoms with E-state index in [0.29, 0.717) is 33.1 Å². The molecule has 0 radical (unpaired) electrons. The third-order valence-corrected chi connectivity index (χ3v) is 7.36. The van der Waals surface area contributed by atoms with Crippen molar-refractivity contribution in [3.63, 3.8) is 0 Å². The zero-order chi connectivity index (χ0) is 27.2. The van der Waals surface area contributed by atoms with Crippen LogP contribution in [0.15, 0.2) is 53.7 Å². The van der Waals surface area contributed by atoms with Gasteiger partial charge in [0.1, 0.15) is 11.4 Å². The summed E-state index contributed by atoms with van der Waals surface area (Å²) in [5, 5.41) is 20.3. The molecule has 1 N–H and O–H groups in total. The van der Waals surface area contributed by atoms with E-state index in [1.165, 1.54) is 9.13 Å². The van der Waals surface area contributed by atoms with Gasteiger partial charge < -0.3 is 14.6 Å². The van der Waals surface area contributed by atoms with Crippen LogP contribution in [0.3, 0.4) is 0 Å². The highest BCUT2D eigenvalue weighted by Crippen LogP contribution is 2.39. The molecule has 4 aromatic rings. The molecule has 1 aliphatic rings. The van der Waals surface area contributed by atoms with E-state index in [4.69, 9.17) is 11.6 Å². The zero-order valence-electron chi connectivity index (χ0n) is 22.3. The van der Waals surface area contributed by atoms with Crippen molar-refractivity contribution in [3.05, 3.63) is 70.1 Å². The summed E-state index contributed by atoms with van der Waals surface area (Å²) in [5.41, 5.74) is 3.69. The van der Waals surface area contributed by atoms with E-state index in [9.17, 15) is 9.90 Å². The molecule has 0 saturated carbocycles. The summed E-state index contributed by atoms with van der Waals surface area (Å²) in [4.78, 5) is 21.7. The van der Waals surface area contributed by atoms with E-state index in [0.717, 1.165) is 37.7 Å². The van der Waals surface area contributed by atoms with E-state index in [1.54, 1.807) is 37.8 Å². The Kier molecular flexibility index (Phi) is 6.75. The largest absolute Gasteiger partial charge is 0.505 e. The second kappa shape index (κ2) is 9.89. The van der Waals surface area contributed by atoms with Crippen molar-refractivity contribution >= 4 is 17.4 Å². The van der Waals surface area contributed by atoms with Gasteiger partial charge in [0.25, 0.3) is 0 Å². The monoisotopic (exact) mass is 533 g/mol. The van der Waals surface area contributed by atoms with Crippen LogP contribution in [0, 0.1) is 6.92 Å². The number of hydrogen-bond acceptors (Lipinski definition) is 7. The van der Waals surface area contributed by atoms with Crippen molar-refractivity contribution in [2.75, 3.05) is 31.1 Å². The molecule has 5 rings (SSSR count). The standard InChI is InChI=1S/C28H32ClN7O2/c1-18-14-21(19-6-7-23(22(29)15-19)36-13-8-33(5)27(36)38)26(37)25(31-18)20-16-24(32-30-17-20)34-9-11-35(12-10-34)28(2,3)4/h6-8,13-17,37H,9-12H2,1-5H3. The van der Waals surface area contributed by atoms with Crippen LogP contribution in [0.4, 0.5) is 5.82 Å². The second-order valence-electron chi connectivity index (χ2n) is 10.7. The molecule has 3 aromatic heterocycles. The topological polar surface area (TPSA) is 92.3 Å². The number of piperazine rings is 1. The second-order valence-corrected chi connectivity index (χ2v) is 11.1. The predicted octanol–water partition coefficient (Wildman–Crippen LogP) is 4.28. The normalized spacial score (nSPS) is 14.7. The number of halogens is 1. The van der Waals surface area contributed by atoms with Crippen molar-refractivity contribution in [2.24, 2.45) is 7.05 Å². The van der Waals surface area contributed by atoms with Crippen molar-refractivity contribution in [1.82, 2.24) is 29.2 Å². The first-order valence-electron chi connectivity index (χ1n) is 12.6. The van der Waals surface area contributed by atoms with Gasteiger partial charge in [0, 0.05) is 68.0 Å². The minimum atomic E-state index is -0.189. The Labute approximate surface area is 227 Å². The summed E-state index contributed by atoms with van der Waals surface area (Å²) in [5.74, 6) is 0.800. The van der Waals surface area contributed by atoms with E-state index in [-0.39, 0.29) is 17.0 Å². The number of nitrogens with zero attached hydrogens (tertiary/aromatic N) is 7. The van der Waals surface area contributed by atoms with Gasteiger partial charge in [0.05, 0.1) is 16.9 Å². The molecule has 38 heavy (non-hydrogen) atoms. The maximum absolute atomic E-state index is 12.4. The van der Waals surface area contributed by atoms with Gasteiger partial charge in [-0.3, -0.25) is 9.47 Å². The molecular weight excluding hydrogens is 502 g/mol. The molecule has 0 unspecified atom stereocenters. The minimum absolute atomic E-state index is 0.0350. The molecule has 0 bridgehead atoms. The molecule has 1 fully saturated rings. The number of benzene rings is 1. The summed E-state index contributed by atoms with van der Waals surface area (Å²) in [6, 6.07) is 9.11. The molecule has 1 saturated heterocycles. The lowest BCUT2D eigenvalue weighted by Crippen LogP contribution is -2.53. The summed E-state index contributed by atoms with van der Waals surface area (Å²) < 4.78 is 2.97. The van der Waals surface area contributed by atoms with Crippen molar-refractivity contribution in [1.29, 1.82) is 0 Å². The molecule has 0 atom stereocenters. The number of aryl methyl sites for hydroxylation is 2. The minimum Gasteiger partial charge on any atom is -0.505 e. The Morgan fingerprint density at radius 1 is 1.00 bits per heavy atom. The highest BCUT2D eigenvalue weighted by Gasteiger charge is 2.27. The Balaban J connectivity index is 1.47. The highest BCUT2D eigenvalue weighted by molar-refractivity contribution is 6.32. The Hall–Kier alpha value is -3.69. The smallest absolute Gasteiger partial charge is 0.332 e. The average Bonchev–Trinajstić information content (AvgIpc) is 3.22. The third kappa shape index (κ3) is 4.91. The number of pyridine rings is 1. The number of rotatable bonds is 4. The SMILES string of the molecule is Cc1cc(-c2ccc(-n3ccn(C)c3=O)c(Cl)c2)c(O)c(-c2cnnc(N3CCN(C(C)(C)C)CC3)c2)n1. The van der Waals surface area contributed by atoms with Gasteiger partial charge in [0.15, 0.2) is 5.82 Å². The van der Waals surface area contributed by atoms with Crippen LogP contribution in [-0.2, 0) is 7.05 Å². The molecule has 1 aromatic carbocycles. The average molecular weight is 534 g/mol. The van der Waals surface area contributed by atoms with Gasteiger partial charge in [-0.05, 0) is 57.5 Å². The number of anilines is 1. The first-order chi connectivity index (χ1) is 18.0. The summed E-state index contributed by atoms with van der Waals surface area (Å²) in [6.07, 6.45) is 4.98. The van der Waals surface area contributed by atoms with Crippen LogP contribution in [0.1, 0.15) is 26.5 Å². The summed E-state index contributed by atoms with van der Waals surface area (Å²) >= 11 is 6.60. The molecule has 0 aliphatic carbocycles. The zero-order valence-corrected chi connectivity index (χ0v) is 23.1. The lowest BCUT2D eigenvalue weighted by atomic mass is 10.0. The fourth-order valence-corrected chi connectivity index (χ4v) is 5.12.